The summed E-state index contributed by atoms with van der Waals surface area (Å²) in [6.07, 6.45) is 6.00. The van der Waals surface area contributed by atoms with Crippen molar-refractivity contribution < 1.29 is 0 Å². The zero-order valence-corrected chi connectivity index (χ0v) is 5.80. The molecule has 0 aliphatic rings. The topological polar surface area (TPSA) is 0 Å². The molecule has 0 bridgehead atoms. The Morgan fingerprint density at radius 1 is 1.30 bits per heavy atom. The summed E-state index contributed by atoms with van der Waals surface area (Å²) in [4.78, 5) is 0. The molecule has 0 aromatic heterocycles. The number of rotatable bonds is 1. The lowest BCUT2D eigenvalue weighted by Gasteiger charge is -1.93. The molecular weight excluding hydrogens is 120 g/mol. The Hall–Kier alpha value is -1.22. The maximum Gasteiger partial charge on any atom is 0.0242 e. The van der Waals surface area contributed by atoms with Gasteiger partial charge in [-0.2, -0.15) is 0 Å². The van der Waals surface area contributed by atoms with Crippen molar-refractivity contribution in [3.63, 3.8) is 0 Å². The predicted molar refractivity (Wildman–Crippen MR) is 43.4 cm³/mol. The standard InChI is InChI=1S/C10H9/c1-3-9-5-7-10(4-2)8-6-9/h1,5-8H,2,4H2. The minimum absolute atomic E-state index is 0.824. The third-order valence-corrected chi connectivity index (χ3v) is 1.41. The van der Waals surface area contributed by atoms with Crippen molar-refractivity contribution in [2.75, 3.05) is 0 Å². The average molecular weight is 129 g/mol. The van der Waals surface area contributed by atoms with Gasteiger partial charge in [-0.3, -0.25) is 0 Å². The van der Waals surface area contributed by atoms with Crippen molar-refractivity contribution in [3.05, 3.63) is 42.3 Å². The van der Waals surface area contributed by atoms with Crippen molar-refractivity contribution in [3.8, 4) is 12.3 Å². The summed E-state index contributed by atoms with van der Waals surface area (Å²) >= 11 is 0. The molecular formula is C10H9. The molecule has 0 aliphatic carbocycles. The van der Waals surface area contributed by atoms with Crippen LogP contribution in [0.25, 0.3) is 0 Å². The molecule has 0 N–H and O–H groups in total. The lowest BCUT2D eigenvalue weighted by atomic mass is 10.1. The van der Waals surface area contributed by atoms with E-state index < -0.39 is 0 Å². The molecule has 10 heavy (non-hydrogen) atoms. The highest BCUT2D eigenvalue weighted by Crippen LogP contribution is 2.02. The Morgan fingerprint density at radius 2 is 1.90 bits per heavy atom. The smallest absolute Gasteiger partial charge is 0.0242 e. The largest absolute Gasteiger partial charge is 0.115 e. The van der Waals surface area contributed by atoms with Crippen LogP contribution in [0, 0.1) is 19.3 Å². The normalized spacial score (nSPS) is 8.80. The molecule has 1 rings (SSSR count). The molecule has 0 unspecified atom stereocenters. The van der Waals surface area contributed by atoms with Crippen LogP contribution in [0.2, 0.25) is 0 Å². The van der Waals surface area contributed by atoms with Crippen LogP contribution in [0.15, 0.2) is 24.3 Å². The molecule has 1 radical (unpaired) electrons. The summed E-state index contributed by atoms with van der Waals surface area (Å²) < 4.78 is 0. The van der Waals surface area contributed by atoms with Gasteiger partial charge in [0.2, 0.25) is 0 Å². The quantitative estimate of drug-likeness (QED) is 0.509. The molecule has 1 aromatic carbocycles. The first-order valence-electron chi connectivity index (χ1n) is 3.21. The Morgan fingerprint density at radius 3 is 2.30 bits per heavy atom. The van der Waals surface area contributed by atoms with Gasteiger partial charge in [0.05, 0.1) is 0 Å². The van der Waals surface area contributed by atoms with Gasteiger partial charge in [0.15, 0.2) is 0 Å². The highest BCUT2D eigenvalue weighted by atomic mass is 13.9. The fraction of sp³-hybridized carbons (Fsp3) is 0.100. The SMILES string of the molecule is C#Cc1ccc(C[CH2])cc1. The first-order valence-corrected chi connectivity index (χ1v) is 3.21. The van der Waals surface area contributed by atoms with Crippen LogP contribution in [0.4, 0.5) is 0 Å². The Kier molecular flexibility index (Phi) is 2.12. The summed E-state index contributed by atoms with van der Waals surface area (Å²) in [7, 11) is 0. The molecule has 1 aromatic rings. The molecule has 49 valence electrons. The second kappa shape index (κ2) is 3.08. The molecule has 0 aliphatic heterocycles. The summed E-state index contributed by atoms with van der Waals surface area (Å²) in [5.74, 6) is 2.56. The van der Waals surface area contributed by atoms with Gasteiger partial charge in [0.1, 0.15) is 0 Å². The third-order valence-electron chi connectivity index (χ3n) is 1.41. The zero-order valence-electron chi connectivity index (χ0n) is 5.80. The van der Waals surface area contributed by atoms with Crippen molar-refractivity contribution in [1.82, 2.24) is 0 Å². The fourth-order valence-electron chi connectivity index (χ4n) is 0.768. The maximum absolute atomic E-state index is 5.18. The van der Waals surface area contributed by atoms with E-state index in [2.05, 4.69) is 12.8 Å². The average Bonchev–Trinajstić information content (AvgIpc) is 2.05. The molecule has 0 nitrogen and oxygen atoms in total. The van der Waals surface area contributed by atoms with Gasteiger partial charge in [-0.1, -0.05) is 18.1 Å². The number of hydrogen-bond donors (Lipinski definition) is 0. The van der Waals surface area contributed by atoms with Crippen LogP contribution in [-0.4, -0.2) is 0 Å². The third kappa shape index (κ3) is 1.39. The Balaban J connectivity index is 2.93. The molecule has 0 heterocycles. The van der Waals surface area contributed by atoms with Crippen molar-refractivity contribution in [2.24, 2.45) is 0 Å². The van der Waals surface area contributed by atoms with E-state index in [0.717, 1.165) is 12.0 Å². The van der Waals surface area contributed by atoms with E-state index in [9.17, 15) is 0 Å². The van der Waals surface area contributed by atoms with Crippen LogP contribution in [0.3, 0.4) is 0 Å². The number of benzene rings is 1. The minimum Gasteiger partial charge on any atom is -0.115 e. The van der Waals surface area contributed by atoms with Gasteiger partial charge in [0, 0.05) is 5.56 Å². The van der Waals surface area contributed by atoms with Crippen LogP contribution >= 0.6 is 0 Å². The molecule has 0 fully saturated rings. The number of hydrogen-bond acceptors (Lipinski definition) is 0. The van der Waals surface area contributed by atoms with Crippen LogP contribution in [-0.2, 0) is 6.42 Å². The summed E-state index contributed by atoms with van der Waals surface area (Å²) in [6, 6.07) is 7.87. The summed E-state index contributed by atoms with van der Waals surface area (Å²) in [5, 5.41) is 0. The second-order valence-electron chi connectivity index (χ2n) is 2.09. The lowest BCUT2D eigenvalue weighted by Crippen LogP contribution is -1.79. The zero-order chi connectivity index (χ0) is 7.40. The Labute approximate surface area is 61.9 Å². The summed E-state index contributed by atoms with van der Waals surface area (Å²) in [5.41, 5.74) is 2.15. The minimum atomic E-state index is 0.824. The maximum atomic E-state index is 5.18. The van der Waals surface area contributed by atoms with Crippen LogP contribution in [0.1, 0.15) is 11.1 Å². The first-order chi connectivity index (χ1) is 4.86. The van der Waals surface area contributed by atoms with Gasteiger partial charge in [-0.25, -0.2) is 0 Å². The van der Waals surface area contributed by atoms with Gasteiger partial charge >= 0.3 is 0 Å². The summed E-state index contributed by atoms with van der Waals surface area (Å²) in [6.45, 7) is 3.76. The van der Waals surface area contributed by atoms with Crippen LogP contribution < -0.4 is 0 Å². The second-order valence-corrected chi connectivity index (χ2v) is 2.09. The van der Waals surface area contributed by atoms with Crippen molar-refractivity contribution in [2.45, 2.75) is 6.42 Å². The van der Waals surface area contributed by atoms with E-state index in [1.807, 2.05) is 24.3 Å². The molecule has 0 heteroatoms. The van der Waals surface area contributed by atoms with Gasteiger partial charge in [0.25, 0.3) is 0 Å². The molecule has 0 amide bonds. The van der Waals surface area contributed by atoms with Crippen LogP contribution in [0.5, 0.6) is 0 Å². The van der Waals surface area contributed by atoms with Gasteiger partial charge < -0.3 is 0 Å². The Bertz CT molecular complexity index is 236. The van der Waals surface area contributed by atoms with Gasteiger partial charge in [-0.05, 0) is 31.0 Å². The highest BCUT2D eigenvalue weighted by molar-refractivity contribution is 5.34. The van der Waals surface area contributed by atoms with E-state index in [4.69, 9.17) is 6.42 Å². The monoisotopic (exact) mass is 129 g/mol. The highest BCUT2D eigenvalue weighted by Gasteiger charge is 1.87. The number of terminal acetylenes is 1. The molecule has 0 saturated heterocycles. The van der Waals surface area contributed by atoms with E-state index in [-0.39, 0.29) is 0 Å². The van der Waals surface area contributed by atoms with Crippen molar-refractivity contribution in [1.29, 1.82) is 0 Å². The van der Waals surface area contributed by atoms with Gasteiger partial charge in [-0.15, -0.1) is 6.42 Å². The van der Waals surface area contributed by atoms with Crippen molar-refractivity contribution >= 4 is 0 Å². The van der Waals surface area contributed by atoms with E-state index in [1.165, 1.54) is 5.56 Å². The predicted octanol–water partition coefficient (Wildman–Crippen LogP) is 2.04. The lowest BCUT2D eigenvalue weighted by molar-refractivity contribution is 1.27. The fourth-order valence-corrected chi connectivity index (χ4v) is 0.768. The molecule has 0 atom stereocenters. The van der Waals surface area contributed by atoms with E-state index in [0.29, 0.717) is 0 Å². The first kappa shape index (κ1) is 6.89. The molecule has 0 saturated carbocycles. The molecule has 0 spiro atoms. The van der Waals surface area contributed by atoms with E-state index >= 15 is 0 Å². The van der Waals surface area contributed by atoms with E-state index in [1.54, 1.807) is 0 Å².